The zero-order chi connectivity index (χ0) is 64.1. The van der Waals surface area contributed by atoms with Crippen LogP contribution in [0.2, 0.25) is 0 Å². The first-order valence-electron chi connectivity index (χ1n) is 28.7. The predicted molar refractivity (Wildman–Crippen MR) is 320 cm³/mol. The molecule has 88 heavy (non-hydrogen) atoms. The highest BCUT2D eigenvalue weighted by atomic mass is 16.4. The molecular weight excluding hydrogens is 1140 g/mol. The first-order chi connectivity index (χ1) is 41.5. The molecule has 0 radical (unpaired) electrons. The van der Waals surface area contributed by atoms with E-state index >= 15 is 0 Å². The first-order valence-corrected chi connectivity index (χ1v) is 28.7. The summed E-state index contributed by atoms with van der Waals surface area (Å²) in [7, 11) is 0. The van der Waals surface area contributed by atoms with Crippen molar-refractivity contribution in [3.8, 4) is 45.6 Å². The molecule has 8 bridgehead atoms. The molecule has 8 atom stereocenters. The molecule has 0 fully saturated rings. The number of aromatic amines is 2. The number of nitrogens with zero attached hydrogens (tertiary/aromatic N) is 6. The zero-order valence-corrected chi connectivity index (χ0v) is 49.4. The number of aromatic nitrogens is 8. The highest BCUT2D eigenvalue weighted by molar-refractivity contribution is 6.07. The Hall–Kier alpha value is -10.0. The molecular formula is C64H66N8O16. The van der Waals surface area contributed by atoms with Crippen LogP contribution in [0.3, 0.4) is 0 Å². The maximum absolute atomic E-state index is 12.5. The first kappa shape index (κ1) is 62.5. The average molecular weight is 1200 g/mol. The second-order valence-electron chi connectivity index (χ2n) is 23.8. The van der Waals surface area contributed by atoms with E-state index in [1.165, 1.54) is 55.4 Å². The second-order valence-corrected chi connectivity index (χ2v) is 23.8. The van der Waals surface area contributed by atoms with E-state index in [0.717, 1.165) is 0 Å². The van der Waals surface area contributed by atoms with Gasteiger partial charge >= 0.3 is 47.8 Å². The summed E-state index contributed by atoms with van der Waals surface area (Å²) in [6.07, 6.45) is -0.263. The largest absolute Gasteiger partial charge is 0.481 e. The fourth-order valence-corrected chi connectivity index (χ4v) is 11.2. The summed E-state index contributed by atoms with van der Waals surface area (Å²) in [6, 6.07) is 13.6. The minimum absolute atomic E-state index is 0.0304. The van der Waals surface area contributed by atoms with E-state index in [1.54, 1.807) is 48.5 Å². The van der Waals surface area contributed by atoms with Crippen LogP contribution >= 0.6 is 0 Å². The number of hydrogen-bond donors (Lipinski definition) is 10. The number of carbonyl (C=O) groups is 8. The van der Waals surface area contributed by atoms with Gasteiger partial charge in [-0.05, 0) is 144 Å². The molecule has 3 aromatic heterocycles. The molecule has 2 aliphatic heterocycles. The van der Waals surface area contributed by atoms with Gasteiger partial charge in [0.25, 0.3) is 0 Å². The smallest absolute Gasteiger partial charge is 0.306 e. The van der Waals surface area contributed by atoms with Crippen molar-refractivity contribution in [1.82, 2.24) is 39.9 Å². The Labute approximate surface area is 501 Å². The zero-order valence-electron chi connectivity index (χ0n) is 49.4. The van der Waals surface area contributed by atoms with Crippen LogP contribution < -0.4 is 0 Å². The molecule has 8 unspecified atom stereocenters. The lowest BCUT2D eigenvalue weighted by Gasteiger charge is -2.16. The van der Waals surface area contributed by atoms with Crippen LogP contribution in [0.5, 0.6) is 0 Å². The van der Waals surface area contributed by atoms with E-state index in [2.05, 4.69) is 9.97 Å². The number of rotatable bonds is 24. The van der Waals surface area contributed by atoms with Crippen molar-refractivity contribution in [3.63, 3.8) is 0 Å². The van der Waals surface area contributed by atoms with Crippen LogP contribution in [0.15, 0.2) is 48.5 Å². The molecule has 4 aromatic carbocycles. The minimum Gasteiger partial charge on any atom is -0.481 e. The highest BCUT2D eigenvalue weighted by Crippen LogP contribution is 2.42. The third-order valence-corrected chi connectivity index (χ3v) is 16.7. The molecule has 9 rings (SSSR count). The Morgan fingerprint density at radius 2 is 0.420 bits per heavy atom. The molecule has 458 valence electrons. The fourth-order valence-electron chi connectivity index (χ4n) is 11.2. The van der Waals surface area contributed by atoms with Gasteiger partial charge in [0, 0.05) is 43.8 Å². The molecule has 0 saturated carbocycles. The SMILES string of the molecule is CC(Cc1cc2c(cc1CC(C)C(=O)O)-c1nc-2nc2[nH]c(nc3nc(nc4[nH]c(n1)c1cc(CC(C)C(=O)O)c(CC(C)C(=O)O)cc41)-c1cc(CC(C)C(=O)O)c(CC(C)C(=O)O)cc1-3)c1cc(CC(C)C(=O)O)c(CC(C)C(=O)O)cc21)C(=O)O. The van der Waals surface area contributed by atoms with Gasteiger partial charge in [0.15, 0.2) is 23.3 Å². The number of carboxylic acid groups (broad SMARTS) is 8. The normalized spacial score (nSPS) is 14.6. The predicted octanol–water partition coefficient (Wildman–Crippen LogP) is 8.97. The monoisotopic (exact) mass is 1200 g/mol. The summed E-state index contributed by atoms with van der Waals surface area (Å²) in [4.78, 5) is 137. The van der Waals surface area contributed by atoms with Crippen molar-refractivity contribution in [2.75, 3.05) is 0 Å². The molecule has 10 N–H and O–H groups in total. The van der Waals surface area contributed by atoms with Crippen LogP contribution in [0, 0.1) is 47.3 Å². The lowest BCUT2D eigenvalue weighted by molar-refractivity contribution is -0.142. The van der Waals surface area contributed by atoms with Crippen LogP contribution in [0.1, 0.15) is 99.9 Å². The van der Waals surface area contributed by atoms with Crippen molar-refractivity contribution in [2.24, 2.45) is 47.3 Å². The highest BCUT2D eigenvalue weighted by Gasteiger charge is 2.31. The van der Waals surface area contributed by atoms with Gasteiger partial charge in [-0.15, -0.1) is 0 Å². The molecule has 0 saturated heterocycles. The van der Waals surface area contributed by atoms with Crippen molar-refractivity contribution in [1.29, 1.82) is 0 Å². The van der Waals surface area contributed by atoms with E-state index in [1.807, 2.05) is 0 Å². The number of fused-ring (bicyclic) bond motifs is 20. The van der Waals surface area contributed by atoms with Gasteiger partial charge in [0.1, 0.15) is 22.6 Å². The number of H-pyrrole nitrogens is 2. The summed E-state index contributed by atoms with van der Waals surface area (Å²) in [5.41, 5.74) is 5.78. The third-order valence-electron chi connectivity index (χ3n) is 16.7. The number of carboxylic acids is 8. The fraction of sp³-hybridized carbons (Fsp3) is 0.375. The van der Waals surface area contributed by atoms with Gasteiger partial charge < -0.3 is 50.8 Å². The molecule has 24 heteroatoms. The molecule has 0 aliphatic carbocycles. The lowest BCUT2D eigenvalue weighted by Crippen LogP contribution is -2.17. The quantitative estimate of drug-likeness (QED) is 0.0270. The summed E-state index contributed by atoms with van der Waals surface area (Å²) >= 11 is 0. The molecule has 7 aromatic rings. The standard InChI is InChI=1S/C64H66N8O16/c1-25(57(73)74)9-33-17-41-42(18-34(33)10-26(2)58(75)76)50-65-49(41)69-51-43-19-35(11-27(3)59(77)78)36(12-28(4)60(79)80)20-44(43)53(66-51)71-55-47-23-39(15-31(7)63(85)86)40(16-32(8)64(87)88)24-48(47)56(68-55)72-54-46-22-38(14-30(6)62(83)84)37(13-29(5)61(81)82)21-45(46)52(67-54)70-50/h17-32H,9-16H2,1-8H3,(H,73,74)(H,75,76)(H,77,78)(H,79,80)(H,81,82)(H,83,84)(H,85,86)(H,87,88)(H2,65,66,67,68,69,70,71,72). The van der Waals surface area contributed by atoms with Crippen molar-refractivity contribution in [3.05, 3.63) is 93.0 Å². The summed E-state index contributed by atoms with van der Waals surface area (Å²) in [5, 5.41) is 82.8. The Balaban J connectivity index is 1.50. The average Bonchev–Trinajstić information content (AvgIpc) is 1.63. The number of nitrogens with one attached hydrogen (secondary N) is 2. The summed E-state index contributed by atoms with van der Waals surface area (Å²) in [6.45, 7) is 12.2. The van der Waals surface area contributed by atoms with Crippen LogP contribution in [-0.2, 0) is 89.7 Å². The summed E-state index contributed by atoms with van der Waals surface area (Å²) in [5.74, 6) is -16.2. The van der Waals surface area contributed by atoms with E-state index in [9.17, 15) is 79.2 Å². The molecule has 0 amide bonds. The Bertz CT molecular complexity index is 3750. The Morgan fingerprint density at radius 1 is 0.273 bits per heavy atom. The molecule has 5 heterocycles. The van der Waals surface area contributed by atoms with Gasteiger partial charge in [-0.3, -0.25) is 38.4 Å². The number of hydrogen-bond acceptors (Lipinski definition) is 14. The van der Waals surface area contributed by atoms with Gasteiger partial charge in [0.05, 0.1) is 47.3 Å². The summed E-state index contributed by atoms with van der Waals surface area (Å²) < 4.78 is 0. The lowest BCUT2D eigenvalue weighted by atomic mass is 9.88. The molecule has 2 aliphatic rings. The van der Waals surface area contributed by atoms with Crippen LogP contribution in [0.4, 0.5) is 0 Å². The van der Waals surface area contributed by atoms with Crippen molar-refractivity contribution in [2.45, 2.75) is 107 Å². The maximum atomic E-state index is 12.5. The van der Waals surface area contributed by atoms with Crippen LogP contribution in [-0.4, -0.2) is 128 Å². The van der Waals surface area contributed by atoms with Gasteiger partial charge in [-0.25, -0.2) is 29.9 Å². The number of aliphatic carboxylic acids is 8. The number of benzene rings is 4. The van der Waals surface area contributed by atoms with Crippen LogP contribution in [0.25, 0.3) is 89.7 Å². The third kappa shape index (κ3) is 12.9. The van der Waals surface area contributed by atoms with E-state index in [4.69, 9.17) is 29.9 Å². The van der Waals surface area contributed by atoms with E-state index in [0.29, 0.717) is 88.3 Å². The maximum Gasteiger partial charge on any atom is 0.306 e. The van der Waals surface area contributed by atoms with Gasteiger partial charge in [-0.2, -0.15) is 0 Å². The van der Waals surface area contributed by atoms with E-state index in [-0.39, 0.29) is 97.3 Å². The van der Waals surface area contributed by atoms with Gasteiger partial charge in [-0.1, -0.05) is 55.4 Å². The van der Waals surface area contributed by atoms with Crippen molar-refractivity contribution < 1.29 is 79.2 Å². The Morgan fingerprint density at radius 3 is 0.568 bits per heavy atom. The molecule has 24 nitrogen and oxygen atoms in total. The van der Waals surface area contributed by atoms with Crippen molar-refractivity contribution >= 4 is 91.9 Å². The van der Waals surface area contributed by atoms with Gasteiger partial charge in [0.2, 0.25) is 0 Å². The topological polar surface area (TPSA) is 407 Å². The van der Waals surface area contributed by atoms with E-state index < -0.39 is 95.1 Å². The second kappa shape index (κ2) is 24.8. The Kier molecular flexibility index (Phi) is 17.6. The molecule has 0 spiro atoms. The minimum atomic E-state index is -1.11.